The topological polar surface area (TPSA) is 66.8 Å². The predicted molar refractivity (Wildman–Crippen MR) is 140 cm³/mol. The molecule has 1 aromatic heterocycles. The number of aliphatic carboxylic acids is 1. The Balaban J connectivity index is 1.47. The number of carbonyl (C=O) groups excluding carboxylic acids is 1. The molecule has 184 valence electrons. The summed E-state index contributed by atoms with van der Waals surface area (Å²) in [6, 6.07) is 18.0. The third-order valence-electron chi connectivity index (χ3n) is 8.94. The van der Waals surface area contributed by atoms with Crippen molar-refractivity contribution in [3.63, 3.8) is 0 Å². The Morgan fingerprint density at radius 3 is 2.61 bits per heavy atom. The predicted octanol–water partition coefficient (Wildman–Crippen LogP) is 5.49. The number of thiophene rings is 1. The van der Waals surface area contributed by atoms with Gasteiger partial charge in [0.05, 0.1) is 12.5 Å². The number of rotatable bonds is 5. The van der Waals surface area contributed by atoms with Crippen LogP contribution in [-0.4, -0.2) is 42.1 Å². The molecule has 36 heavy (non-hydrogen) atoms. The fraction of sp³-hybridized carbons (Fsp3) is 0.333. The molecule has 4 aliphatic rings. The second-order valence-corrected chi connectivity index (χ2v) is 11.3. The Bertz CT molecular complexity index is 1390. The highest BCUT2D eigenvalue weighted by molar-refractivity contribution is 7.10. The summed E-state index contributed by atoms with van der Waals surface area (Å²) in [6.07, 6.45) is 1.69. The lowest BCUT2D eigenvalue weighted by atomic mass is 9.44. The second-order valence-electron chi connectivity index (χ2n) is 10.4. The van der Waals surface area contributed by atoms with Gasteiger partial charge in [-0.1, -0.05) is 54.6 Å². The van der Waals surface area contributed by atoms with Crippen molar-refractivity contribution in [3.8, 4) is 5.75 Å². The molecule has 1 unspecified atom stereocenters. The molecule has 1 saturated carbocycles. The van der Waals surface area contributed by atoms with Gasteiger partial charge in [0.25, 0.3) is 5.91 Å². The van der Waals surface area contributed by atoms with Crippen LogP contribution in [0.2, 0.25) is 0 Å². The number of likely N-dealkylation sites (tertiary alicyclic amines) is 1. The first-order chi connectivity index (χ1) is 17.3. The van der Waals surface area contributed by atoms with Crippen molar-refractivity contribution in [2.75, 3.05) is 20.2 Å². The van der Waals surface area contributed by atoms with Gasteiger partial charge >= 0.3 is 5.97 Å². The van der Waals surface area contributed by atoms with E-state index in [2.05, 4.69) is 49.2 Å². The fourth-order valence-electron chi connectivity index (χ4n) is 7.34. The minimum atomic E-state index is -1.03. The van der Waals surface area contributed by atoms with Gasteiger partial charge in [-0.2, -0.15) is 0 Å². The minimum Gasteiger partial charge on any atom is -0.496 e. The average Bonchev–Trinajstić information content (AvgIpc) is 3.56. The number of hydrogen-bond donors (Lipinski definition) is 1. The van der Waals surface area contributed by atoms with Crippen molar-refractivity contribution in [2.45, 2.75) is 31.1 Å². The molecule has 3 aliphatic carbocycles. The summed E-state index contributed by atoms with van der Waals surface area (Å²) in [4.78, 5) is 30.1. The number of amides is 1. The van der Waals surface area contributed by atoms with E-state index in [9.17, 15) is 14.7 Å². The maximum absolute atomic E-state index is 13.8. The highest BCUT2D eigenvalue weighted by atomic mass is 32.1. The first-order valence-corrected chi connectivity index (χ1v) is 13.2. The summed E-state index contributed by atoms with van der Waals surface area (Å²) in [5.74, 6) is -0.769. The number of fused-ring (bicyclic) bond motifs is 1. The Morgan fingerprint density at radius 1 is 1.14 bits per heavy atom. The zero-order valence-corrected chi connectivity index (χ0v) is 21.3. The molecule has 3 aromatic rings. The van der Waals surface area contributed by atoms with Gasteiger partial charge in [0, 0.05) is 46.4 Å². The van der Waals surface area contributed by atoms with E-state index in [1.807, 2.05) is 18.2 Å². The molecule has 5 nitrogen and oxygen atoms in total. The van der Waals surface area contributed by atoms with Gasteiger partial charge < -0.3 is 14.7 Å². The van der Waals surface area contributed by atoms with E-state index in [1.54, 1.807) is 29.4 Å². The lowest BCUT2D eigenvalue weighted by Crippen LogP contribution is -2.59. The van der Waals surface area contributed by atoms with Gasteiger partial charge in [0.15, 0.2) is 0 Å². The van der Waals surface area contributed by atoms with E-state index in [0.29, 0.717) is 23.4 Å². The zero-order chi connectivity index (χ0) is 25.2. The summed E-state index contributed by atoms with van der Waals surface area (Å²) >= 11 is 1.73. The molecule has 1 saturated heterocycles. The van der Waals surface area contributed by atoms with Gasteiger partial charge in [0.2, 0.25) is 0 Å². The number of carbonyl (C=O) groups is 2. The molecule has 2 fully saturated rings. The normalized spacial score (nSPS) is 27.9. The first-order valence-electron chi connectivity index (χ1n) is 12.3. The second kappa shape index (κ2) is 8.07. The van der Waals surface area contributed by atoms with Crippen molar-refractivity contribution >= 4 is 28.8 Å². The number of carboxylic acids is 1. The van der Waals surface area contributed by atoms with E-state index < -0.39 is 16.8 Å². The molecule has 4 atom stereocenters. The smallest absolute Gasteiger partial charge is 0.312 e. The maximum Gasteiger partial charge on any atom is 0.312 e. The average molecular weight is 500 g/mol. The van der Waals surface area contributed by atoms with Crippen LogP contribution in [0, 0.1) is 18.3 Å². The van der Waals surface area contributed by atoms with Crippen LogP contribution in [0.1, 0.15) is 45.9 Å². The molecule has 0 radical (unpaired) electrons. The maximum atomic E-state index is 13.8. The Kier molecular flexibility index (Phi) is 5.16. The first kappa shape index (κ1) is 23.0. The molecule has 0 spiro atoms. The Morgan fingerprint density at radius 2 is 1.89 bits per heavy atom. The highest BCUT2D eigenvalue weighted by Gasteiger charge is 2.71. The number of hydrogen-bond acceptors (Lipinski definition) is 4. The molecular weight excluding hydrogens is 470 g/mol. The summed E-state index contributed by atoms with van der Waals surface area (Å²) < 4.78 is 5.47. The molecule has 6 heteroatoms. The summed E-state index contributed by atoms with van der Waals surface area (Å²) in [5, 5.41) is 13.0. The lowest BCUT2D eigenvalue weighted by Gasteiger charge is -2.58. The SMILES string of the molecule is C=C(C(=O)N1CC2[C@@]3(c4ccc(C)cc4)CC[C@@H](c4ccsc43)[C@@]2(C(=O)O)C1)c1ccccc1OC. The van der Waals surface area contributed by atoms with Crippen LogP contribution in [0.3, 0.4) is 0 Å². The monoisotopic (exact) mass is 499 g/mol. The van der Waals surface area contributed by atoms with Gasteiger partial charge in [-0.05, 0) is 48.4 Å². The summed E-state index contributed by atoms with van der Waals surface area (Å²) in [5.41, 5.74) is 3.00. The number of methoxy groups -OCH3 is 1. The number of para-hydroxylation sites is 1. The quantitative estimate of drug-likeness (QED) is 0.472. The van der Waals surface area contributed by atoms with E-state index in [4.69, 9.17) is 4.74 Å². The summed E-state index contributed by atoms with van der Waals surface area (Å²) in [6.45, 7) is 6.76. The Labute approximate surface area is 215 Å². The van der Waals surface area contributed by atoms with Gasteiger partial charge in [-0.3, -0.25) is 9.59 Å². The van der Waals surface area contributed by atoms with Crippen LogP contribution in [0.5, 0.6) is 5.75 Å². The fourth-order valence-corrected chi connectivity index (χ4v) is 8.60. The molecule has 1 amide bonds. The van der Waals surface area contributed by atoms with Crippen LogP contribution in [0.4, 0.5) is 0 Å². The van der Waals surface area contributed by atoms with Crippen LogP contribution in [0.15, 0.2) is 66.6 Å². The highest BCUT2D eigenvalue weighted by Crippen LogP contribution is 2.70. The zero-order valence-electron chi connectivity index (χ0n) is 20.5. The lowest BCUT2D eigenvalue weighted by molar-refractivity contribution is -0.157. The van der Waals surface area contributed by atoms with Crippen LogP contribution >= 0.6 is 11.3 Å². The van der Waals surface area contributed by atoms with E-state index in [0.717, 1.165) is 24.0 Å². The number of carboxylic acid groups (broad SMARTS) is 1. The van der Waals surface area contributed by atoms with Gasteiger partial charge in [-0.15, -0.1) is 11.3 Å². The van der Waals surface area contributed by atoms with Crippen molar-refractivity contribution < 1.29 is 19.4 Å². The van der Waals surface area contributed by atoms with E-state index in [-0.39, 0.29) is 24.3 Å². The molecular formula is C30H29NO4S. The van der Waals surface area contributed by atoms with Gasteiger partial charge in [-0.25, -0.2) is 0 Å². The molecule has 1 N–H and O–H groups in total. The number of benzene rings is 2. The number of ether oxygens (including phenoxy) is 1. The molecule has 1 aliphatic heterocycles. The third-order valence-corrected chi connectivity index (χ3v) is 10.0. The molecule has 7 rings (SSSR count). The standard InChI is InChI=1S/C30H29NO4S/c1-18-8-10-20(11-9-18)29-14-12-23(22-13-15-36-26(22)29)30(28(33)34)17-31(16-25(29)30)27(32)19(2)21-6-4-5-7-24(21)35-3/h4-11,13,15,23,25H,2,12,14,16-17H2,1,3H3,(H,33,34)/t23-,25?,29-,30-/m0/s1. The molecule has 2 bridgehead atoms. The molecule has 2 aromatic carbocycles. The van der Waals surface area contributed by atoms with E-state index in [1.165, 1.54) is 10.4 Å². The number of aryl methyl sites for hydroxylation is 1. The minimum absolute atomic E-state index is 0.106. The summed E-state index contributed by atoms with van der Waals surface area (Å²) in [7, 11) is 1.57. The van der Waals surface area contributed by atoms with Crippen molar-refractivity contribution in [1.29, 1.82) is 0 Å². The van der Waals surface area contributed by atoms with Crippen LogP contribution < -0.4 is 4.74 Å². The van der Waals surface area contributed by atoms with E-state index >= 15 is 0 Å². The van der Waals surface area contributed by atoms with Crippen molar-refractivity contribution in [1.82, 2.24) is 4.90 Å². The molecule has 2 heterocycles. The largest absolute Gasteiger partial charge is 0.496 e. The van der Waals surface area contributed by atoms with Crippen LogP contribution in [0.25, 0.3) is 5.57 Å². The van der Waals surface area contributed by atoms with Crippen molar-refractivity contribution in [3.05, 3.63) is 93.7 Å². The number of nitrogens with zero attached hydrogens (tertiary/aromatic N) is 1. The Hall–Kier alpha value is -3.38. The third kappa shape index (κ3) is 2.88. The van der Waals surface area contributed by atoms with Crippen molar-refractivity contribution in [2.24, 2.45) is 11.3 Å². The van der Waals surface area contributed by atoms with Crippen LogP contribution in [-0.2, 0) is 15.0 Å². The van der Waals surface area contributed by atoms with Gasteiger partial charge in [0.1, 0.15) is 5.75 Å².